The molecule has 0 atom stereocenters. The number of anilines is 1. The Balaban J connectivity index is 2.65. The van der Waals surface area contributed by atoms with Crippen LogP contribution in [0.2, 0.25) is 0 Å². The van der Waals surface area contributed by atoms with E-state index in [-0.39, 0.29) is 0 Å². The summed E-state index contributed by atoms with van der Waals surface area (Å²) >= 11 is 0. The molecule has 0 saturated carbocycles. The summed E-state index contributed by atoms with van der Waals surface area (Å²) in [6.07, 6.45) is 0. The van der Waals surface area contributed by atoms with Crippen LogP contribution in [0.15, 0.2) is 23.2 Å². The molecule has 0 fully saturated rings. The van der Waals surface area contributed by atoms with Gasteiger partial charge in [-0.1, -0.05) is 0 Å². The van der Waals surface area contributed by atoms with Crippen molar-refractivity contribution in [2.45, 2.75) is 13.8 Å². The standard InChI is InChI=1S/C15H25N3O3/c1-5-20-10-9-17-15(16-3)18-12-7-8-13(19-4)14(11-12)21-6-2/h7-8,11H,5-6,9-10H2,1-4H3,(H2,16,17,18). The van der Waals surface area contributed by atoms with Gasteiger partial charge in [-0.3, -0.25) is 4.99 Å². The van der Waals surface area contributed by atoms with E-state index >= 15 is 0 Å². The number of benzene rings is 1. The first-order valence-corrected chi connectivity index (χ1v) is 7.11. The smallest absolute Gasteiger partial charge is 0.195 e. The molecule has 0 radical (unpaired) electrons. The lowest BCUT2D eigenvalue weighted by molar-refractivity contribution is 0.152. The van der Waals surface area contributed by atoms with Crippen LogP contribution in [-0.4, -0.2) is 46.5 Å². The molecule has 0 aliphatic heterocycles. The molecule has 6 nitrogen and oxygen atoms in total. The van der Waals surface area contributed by atoms with Crippen LogP contribution in [0.1, 0.15) is 13.8 Å². The molecular formula is C15H25N3O3. The summed E-state index contributed by atoms with van der Waals surface area (Å²) in [6, 6.07) is 5.66. The molecule has 0 aliphatic carbocycles. The van der Waals surface area contributed by atoms with Crippen molar-refractivity contribution in [2.75, 3.05) is 45.8 Å². The summed E-state index contributed by atoms with van der Waals surface area (Å²) in [6.45, 7) is 6.55. The SMILES string of the molecule is CCOCCNC(=NC)Nc1ccc(OC)c(OCC)c1. The van der Waals surface area contributed by atoms with E-state index in [1.54, 1.807) is 14.2 Å². The molecule has 2 N–H and O–H groups in total. The average Bonchev–Trinajstić information content (AvgIpc) is 2.51. The predicted octanol–water partition coefficient (Wildman–Crippen LogP) is 2.12. The molecule has 21 heavy (non-hydrogen) atoms. The number of nitrogens with zero attached hydrogens (tertiary/aromatic N) is 1. The third-order valence-electron chi connectivity index (χ3n) is 2.69. The molecule has 0 saturated heterocycles. The molecule has 1 aromatic rings. The molecule has 0 amide bonds. The minimum atomic E-state index is 0.584. The number of rotatable bonds is 8. The topological polar surface area (TPSA) is 64.1 Å². The molecule has 6 heteroatoms. The first kappa shape index (κ1) is 17.1. The average molecular weight is 295 g/mol. The largest absolute Gasteiger partial charge is 0.493 e. The fraction of sp³-hybridized carbons (Fsp3) is 0.533. The zero-order valence-corrected chi connectivity index (χ0v) is 13.2. The highest BCUT2D eigenvalue weighted by atomic mass is 16.5. The first-order chi connectivity index (χ1) is 10.2. The summed E-state index contributed by atoms with van der Waals surface area (Å²) in [5.41, 5.74) is 0.878. The quantitative estimate of drug-likeness (QED) is 0.437. The van der Waals surface area contributed by atoms with Gasteiger partial charge < -0.3 is 24.8 Å². The molecule has 0 bridgehead atoms. The number of hydrogen-bond donors (Lipinski definition) is 2. The maximum atomic E-state index is 5.55. The van der Waals surface area contributed by atoms with Crippen molar-refractivity contribution in [2.24, 2.45) is 4.99 Å². The van der Waals surface area contributed by atoms with Crippen LogP contribution in [-0.2, 0) is 4.74 Å². The van der Waals surface area contributed by atoms with Gasteiger partial charge in [0.1, 0.15) is 0 Å². The molecule has 0 aromatic heterocycles. The van der Waals surface area contributed by atoms with Crippen molar-refractivity contribution in [3.63, 3.8) is 0 Å². The highest BCUT2D eigenvalue weighted by Gasteiger charge is 2.06. The normalized spacial score (nSPS) is 11.1. The minimum absolute atomic E-state index is 0.584. The lowest BCUT2D eigenvalue weighted by Crippen LogP contribution is -2.33. The fourth-order valence-electron chi connectivity index (χ4n) is 1.72. The van der Waals surface area contributed by atoms with E-state index in [4.69, 9.17) is 14.2 Å². The van der Waals surface area contributed by atoms with Gasteiger partial charge in [-0.25, -0.2) is 0 Å². The van der Waals surface area contributed by atoms with Crippen LogP contribution >= 0.6 is 0 Å². The molecule has 0 heterocycles. The maximum absolute atomic E-state index is 5.55. The van der Waals surface area contributed by atoms with Crippen molar-refractivity contribution < 1.29 is 14.2 Å². The zero-order valence-electron chi connectivity index (χ0n) is 13.2. The van der Waals surface area contributed by atoms with Crippen molar-refractivity contribution in [3.05, 3.63) is 18.2 Å². The number of hydrogen-bond acceptors (Lipinski definition) is 4. The molecule has 118 valence electrons. The Labute approximate surface area is 126 Å². The van der Waals surface area contributed by atoms with Crippen molar-refractivity contribution >= 4 is 11.6 Å². The Morgan fingerprint density at radius 3 is 2.62 bits per heavy atom. The summed E-state index contributed by atoms with van der Waals surface area (Å²) in [5, 5.41) is 6.38. The summed E-state index contributed by atoms with van der Waals surface area (Å²) in [5.74, 6) is 2.10. The minimum Gasteiger partial charge on any atom is -0.493 e. The fourth-order valence-corrected chi connectivity index (χ4v) is 1.72. The van der Waals surface area contributed by atoms with Crippen LogP contribution in [0.3, 0.4) is 0 Å². The Kier molecular flexibility index (Phi) is 8.04. The van der Waals surface area contributed by atoms with Crippen LogP contribution in [0, 0.1) is 0 Å². The van der Waals surface area contributed by atoms with Crippen molar-refractivity contribution in [1.29, 1.82) is 0 Å². The van der Waals surface area contributed by atoms with E-state index in [9.17, 15) is 0 Å². The molecule has 1 aromatic carbocycles. The number of aliphatic imine (C=N–C) groups is 1. The second kappa shape index (κ2) is 9.88. The van der Waals surface area contributed by atoms with Crippen LogP contribution < -0.4 is 20.1 Å². The van der Waals surface area contributed by atoms with Gasteiger partial charge in [-0.05, 0) is 26.0 Å². The predicted molar refractivity (Wildman–Crippen MR) is 85.6 cm³/mol. The van der Waals surface area contributed by atoms with Gasteiger partial charge in [-0.2, -0.15) is 0 Å². The number of ether oxygens (including phenoxy) is 3. The Hall–Kier alpha value is -1.95. The molecule has 0 aliphatic rings. The Morgan fingerprint density at radius 1 is 1.19 bits per heavy atom. The van der Waals surface area contributed by atoms with Gasteiger partial charge in [0, 0.05) is 32.0 Å². The molecule has 1 rings (SSSR count). The number of methoxy groups -OCH3 is 1. The van der Waals surface area contributed by atoms with Crippen LogP contribution in [0.25, 0.3) is 0 Å². The highest BCUT2D eigenvalue weighted by molar-refractivity contribution is 5.93. The maximum Gasteiger partial charge on any atom is 0.195 e. The van der Waals surface area contributed by atoms with E-state index in [2.05, 4.69) is 15.6 Å². The van der Waals surface area contributed by atoms with E-state index in [0.29, 0.717) is 43.8 Å². The lowest BCUT2D eigenvalue weighted by atomic mass is 10.2. The third-order valence-corrected chi connectivity index (χ3v) is 2.69. The molecule has 0 spiro atoms. The monoisotopic (exact) mass is 295 g/mol. The van der Waals surface area contributed by atoms with Crippen LogP contribution in [0.4, 0.5) is 5.69 Å². The summed E-state index contributed by atoms with van der Waals surface area (Å²) in [4.78, 5) is 4.17. The van der Waals surface area contributed by atoms with Crippen molar-refractivity contribution in [1.82, 2.24) is 5.32 Å². The Bertz CT molecular complexity index is 450. The van der Waals surface area contributed by atoms with E-state index in [1.165, 1.54) is 0 Å². The second-order valence-electron chi connectivity index (χ2n) is 4.12. The summed E-state index contributed by atoms with van der Waals surface area (Å²) < 4.78 is 16.1. The second-order valence-corrected chi connectivity index (χ2v) is 4.12. The molecular weight excluding hydrogens is 270 g/mol. The number of nitrogens with one attached hydrogen (secondary N) is 2. The van der Waals surface area contributed by atoms with Gasteiger partial charge in [0.2, 0.25) is 0 Å². The highest BCUT2D eigenvalue weighted by Crippen LogP contribution is 2.30. The van der Waals surface area contributed by atoms with Gasteiger partial charge in [-0.15, -0.1) is 0 Å². The van der Waals surface area contributed by atoms with E-state index in [1.807, 2.05) is 32.0 Å². The van der Waals surface area contributed by atoms with Gasteiger partial charge in [0.25, 0.3) is 0 Å². The first-order valence-electron chi connectivity index (χ1n) is 7.11. The lowest BCUT2D eigenvalue weighted by Gasteiger charge is -2.14. The number of guanidine groups is 1. The Morgan fingerprint density at radius 2 is 2.00 bits per heavy atom. The van der Waals surface area contributed by atoms with Crippen LogP contribution in [0.5, 0.6) is 11.5 Å². The van der Waals surface area contributed by atoms with E-state index < -0.39 is 0 Å². The third kappa shape index (κ3) is 5.91. The zero-order chi connectivity index (χ0) is 15.5. The van der Waals surface area contributed by atoms with Gasteiger partial charge in [0.05, 0.1) is 20.3 Å². The van der Waals surface area contributed by atoms with Gasteiger partial charge >= 0.3 is 0 Å². The molecule has 0 unspecified atom stereocenters. The van der Waals surface area contributed by atoms with E-state index in [0.717, 1.165) is 5.69 Å². The van der Waals surface area contributed by atoms with Crippen molar-refractivity contribution in [3.8, 4) is 11.5 Å². The van der Waals surface area contributed by atoms with Gasteiger partial charge in [0.15, 0.2) is 17.5 Å². The summed E-state index contributed by atoms with van der Waals surface area (Å²) in [7, 11) is 3.35.